The Hall–Kier alpha value is -0.0969. The van der Waals surface area contributed by atoms with Crippen molar-refractivity contribution in [2.24, 2.45) is 0 Å². The quantitative estimate of drug-likeness (QED) is 0.509. The second kappa shape index (κ2) is 2.45. The first kappa shape index (κ1) is 6.03. The molecule has 0 heterocycles. The maximum absolute atomic E-state index is 5.45. The van der Waals surface area contributed by atoms with E-state index in [1.807, 2.05) is 12.1 Å². The first-order valence-electron chi connectivity index (χ1n) is 2.40. The van der Waals surface area contributed by atoms with E-state index in [0.717, 1.165) is 30.4 Å². The van der Waals surface area contributed by atoms with E-state index in [2.05, 4.69) is 12.1 Å². The summed E-state index contributed by atoms with van der Waals surface area (Å²) in [4.78, 5) is 0. The standard InChI is InChI=1S/C6H6N.Bi.2H/c7-6-4-2-1-3-5-6;;;/h2-5H,7H2;;;. The van der Waals surface area contributed by atoms with Gasteiger partial charge >= 0.3 is 63.7 Å². The molecule has 2 N–H and O–H groups in total. The van der Waals surface area contributed by atoms with E-state index < -0.39 is 0 Å². The third-order valence-electron chi connectivity index (χ3n) is 0.936. The summed E-state index contributed by atoms with van der Waals surface area (Å²) in [5, 5.41) is 0. The fraction of sp³-hybridized carbons (Fsp3) is 0. The van der Waals surface area contributed by atoms with Crippen molar-refractivity contribution in [1.29, 1.82) is 0 Å². The first-order chi connectivity index (χ1) is 3.79. The Bertz CT molecular complexity index is 147. The van der Waals surface area contributed by atoms with Crippen molar-refractivity contribution < 1.29 is 0 Å². The van der Waals surface area contributed by atoms with Gasteiger partial charge in [0, 0.05) is 0 Å². The molecule has 0 atom stereocenters. The summed E-state index contributed by atoms with van der Waals surface area (Å²) in [6.45, 7) is 0. The Morgan fingerprint density at radius 3 is 2.00 bits per heavy atom. The van der Waals surface area contributed by atoms with Crippen LogP contribution in [0.4, 0.5) is 5.69 Å². The molecule has 1 aromatic carbocycles. The molecule has 42 valence electrons. The van der Waals surface area contributed by atoms with Crippen LogP contribution in [0, 0.1) is 0 Å². The molecule has 0 amide bonds. The Labute approximate surface area is 63.7 Å². The van der Waals surface area contributed by atoms with Gasteiger partial charge < -0.3 is 0 Å². The van der Waals surface area contributed by atoms with Gasteiger partial charge in [0.15, 0.2) is 0 Å². The summed E-state index contributed by atoms with van der Waals surface area (Å²) in [5.41, 5.74) is 6.30. The van der Waals surface area contributed by atoms with Crippen LogP contribution in [0.15, 0.2) is 24.3 Å². The van der Waals surface area contributed by atoms with E-state index in [0.29, 0.717) is 0 Å². The van der Waals surface area contributed by atoms with Gasteiger partial charge in [-0.25, -0.2) is 0 Å². The number of anilines is 1. The number of rotatable bonds is 0. The summed E-state index contributed by atoms with van der Waals surface area (Å²) in [5.74, 6) is 0. The molecule has 8 heavy (non-hydrogen) atoms. The predicted octanol–water partition coefficient (Wildman–Crippen LogP) is -0.473. The van der Waals surface area contributed by atoms with Crippen molar-refractivity contribution in [1.82, 2.24) is 0 Å². The Balaban J connectivity index is 3.03. The normalized spacial score (nSPS) is 9.12. The molecule has 0 fully saturated rings. The fourth-order valence-corrected chi connectivity index (χ4v) is 1.24. The van der Waals surface area contributed by atoms with Crippen LogP contribution in [-0.2, 0) is 0 Å². The summed E-state index contributed by atoms with van der Waals surface area (Å²) in [6, 6.07) is 8.02. The van der Waals surface area contributed by atoms with Crippen LogP contribution in [0.5, 0.6) is 0 Å². The molecule has 0 aliphatic heterocycles. The minimum absolute atomic E-state index is 0.856. The van der Waals surface area contributed by atoms with Gasteiger partial charge in [0.05, 0.1) is 0 Å². The average molecular weight is 303 g/mol. The van der Waals surface area contributed by atoms with Crippen molar-refractivity contribution in [2.45, 2.75) is 0 Å². The molecule has 1 aromatic rings. The first-order valence-corrected chi connectivity index (χ1v) is 4.64. The molecule has 0 unspecified atom stereocenters. The van der Waals surface area contributed by atoms with Crippen LogP contribution in [0.3, 0.4) is 0 Å². The Morgan fingerprint density at radius 1 is 1.12 bits per heavy atom. The zero-order valence-corrected chi connectivity index (χ0v) is 8.95. The third-order valence-corrected chi connectivity index (χ3v) is 2.43. The van der Waals surface area contributed by atoms with Crippen LogP contribution in [0.2, 0.25) is 0 Å². The van der Waals surface area contributed by atoms with Crippen molar-refractivity contribution in [2.75, 3.05) is 5.73 Å². The summed E-state index contributed by atoms with van der Waals surface area (Å²) >= 11 is 0.931. The van der Waals surface area contributed by atoms with E-state index in [-0.39, 0.29) is 0 Å². The van der Waals surface area contributed by atoms with Gasteiger partial charge in [-0.05, 0) is 0 Å². The van der Waals surface area contributed by atoms with E-state index >= 15 is 0 Å². The molecule has 1 nitrogen and oxygen atoms in total. The minimum atomic E-state index is 0.856. The van der Waals surface area contributed by atoms with Gasteiger partial charge in [-0.2, -0.15) is 0 Å². The SMILES string of the molecule is Nc1cc[c]([BiH2])cc1. The predicted molar refractivity (Wildman–Crippen MR) is 39.0 cm³/mol. The Kier molecular flexibility index (Phi) is 1.85. The van der Waals surface area contributed by atoms with E-state index in [4.69, 9.17) is 5.73 Å². The summed E-state index contributed by atoms with van der Waals surface area (Å²) in [7, 11) is 0. The van der Waals surface area contributed by atoms with Gasteiger partial charge in [-0.1, -0.05) is 0 Å². The average Bonchev–Trinajstić information content (AvgIpc) is 1.77. The number of benzene rings is 1. The van der Waals surface area contributed by atoms with Crippen molar-refractivity contribution >= 4 is 33.7 Å². The van der Waals surface area contributed by atoms with Gasteiger partial charge in [0.2, 0.25) is 0 Å². The van der Waals surface area contributed by atoms with Crippen LogP contribution < -0.4 is 9.01 Å². The number of nitrogens with two attached hydrogens (primary N) is 1. The van der Waals surface area contributed by atoms with Gasteiger partial charge in [0.25, 0.3) is 0 Å². The molecule has 0 radical (unpaired) electrons. The van der Waals surface area contributed by atoms with Crippen LogP contribution in [0.25, 0.3) is 0 Å². The van der Waals surface area contributed by atoms with Gasteiger partial charge in [-0.15, -0.1) is 0 Å². The fourth-order valence-electron chi connectivity index (χ4n) is 0.496. The molecule has 0 bridgehead atoms. The molecule has 0 aromatic heterocycles. The molecular formula is C6H8BiN. The van der Waals surface area contributed by atoms with E-state index in [9.17, 15) is 0 Å². The van der Waals surface area contributed by atoms with E-state index in [1.54, 1.807) is 0 Å². The van der Waals surface area contributed by atoms with Crippen molar-refractivity contribution in [3.8, 4) is 0 Å². The molecule has 0 saturated carbocycles. The maximum atomic E-state index is 5.45. The number of nitrogen functional groups attached to an aromatic ring is 1. The summed E-state index contributed by atoms with van der Waals surface area (Å²) < 4.78 is 1.42. The zero-order chi connectivity index (χ0) is 5.98. The van der Waals surface area contributed by atoms with Crippen LogP contribution in [0.1, 0.15) is 0 Å². The second-order valence-corrected chi connectivity index (χ2v) is 4.26. The van der Waals surface area contributed by atoms with Crippen LogP contribution >= 0.6 is 0 Å². The van der Waals surface area contributed by atoms with Gasteiger partial charge in [-0.3, -0.25) is 0 Å². The zero-order valence-electron chi connectivity index (χ0n) is 4.46. The van der Waals surface area contributed by atoms with Crippen molar-refractivity contribution in [3.63, 3.8) is 0 Å². The molecule has 0 aliphatic carbocycles. The molecule has 0 saturated heterocycles. The number of hydrogen-bond acceptors (Lipinski definition) is 1. The third kappa shape index (κ3) is 1.45. The molecule has 0 spiro atoms. The van der Waals surface area contributed by atoms with Gasteiger partial charge in [0.1, 0.15) is 0 Å². The molecular weight excluding hydrogens is 295 g/mol. The van der Waals surface area contributed by atoms with E-state index in [1.165, 1.54) is 3.27 Å². The Morgan fingerprint density at radius 2 is 1.62 bits per heavy atom. The summed E-state index contributed by atoms with van der Waals surface area (Å²) in [6.07, 6.45) is 0. The molecule has 0 aliphatic rings. The molecule has 2 heteroatoms. The molecule has 1 rings (SSSR count). The second-order valence-electron chi connectivity index (χ2n) is 1.67. The number of hydrogen-bond donors (Lipinski definition) is 1. The topological polar surface area (TPSA) is 26.0 Å². The monoisotopic (exact) mass is 303 g/mol. The van der Waals surface area contributed by atoms with Crippen molar-refractivity contribution in [3.05, 3.63) is 24.3 Å². The van der Waals surface area contributed by atoms with Crippen LogP contribution in [-0.4, -0.2) is 24.7 Å².